The van der Waals surface area contributed by atoms with E-state index in [4.69, 9.17) is 4.74 Å². The molecule has 2 aromatic rings. The van der Waals surface area contributed by atoms with Crippen LogP contribution >= 0.6 is 24.8 Å². The minimum atomic E-state index is -0.494. The molecule has 4 unspecified atom stereocenters. The zero-order chi connectivity index (χ0) is 26.7. The first kappa shape index (κ1) is 31.2. The van der Waals surface area contributed by atoms with Crippen molar-refractivity contribution in [3.63, 3.8) is 0 Å². The van der Waals surface area contributed by atoms with Crippen LogP contribution in [0.1, 0.15) is 60.7 Å². The average molecular weight is 593 g/mol. The fourth-order valence-corrected chi connectivity index (χ4v) is 7.95. The van der Waals surface area contributed by atoms with Gasteiger partial charge in [0.1, 0.15) is 0 Å². The zero-order valence-electron chi connectivity index (χ0n) is 23.8. The smallest absolute Gasteiger partial charge is 0.261 e. The number of carbonyl (C=O) groups is 2. The Morgan fingerprint density at radius 1 is 0.925 bits per heavy atom. The van der Waals surface area contributed by atoms with E-state index < -0.39 is 6.10 Å². The molecule has 7 nitrogen and oxygen atoms in total. The number of nitrogens with zero attached hydrogens (tertiary/aromatic N) is 3. The number of fused-ring (bicyclic) bond motifs is 2. The maximum absolute atomic E-state index is 13.2. The molecule has 2 saturated carbocycles. The van der Waals surface area contributed by atoms with Crippen LogP contribution < -0.4 is 0 Å². The predicted octanol–water partition coefficient (Wildman–Crippen LogP) is 4.49. The number of halogens is 2. The number of ether oxygens (including phenoxy) is 1. The second kappa shape index (κ2) is 11.9. The van der Waals surface area contributed by atoms with Gasteiger partial charge >= 0.3 is 0 Å². The number of rotatable bonds is 8. The lowest BCUT2D eigenvalue weighted by molar-refractivity contribution is -0.114. The van der Waals surface area contributed by atoms with E-state index in [-0.39, 0.29) is 53.6 Å². The number of piperazine rings is 1. The molecule has 0 spiro atoms. The Labute approximate surface area is 250 Å². The molecule has 2 amide bonds. The fourth-order valence-electron chi connectivity index (χ4n) is 7.95. The van der Waals surface area contributed by atoms with Crippen molar-refractivity contribution in [1.29, 1.82) is 0 Å². The highest BCUT2D eigenvalue weighted by Crippen LogP contribution is 2.63. The number of hydrogen-bond donors (Lipinski definition) is 1. The van der Waals surface area contributed by atoms with Crippen molar-refractivity contribution in [2.24, 2.45) is 16.7 Å². The number of hydrogen-bond acceptors (Lipinski definition) is 6. The summed E-state index contributed by atoms with van der Waals surface area (Å²) in [7, 11) is 0. The van der Waals surface area contributed by atoms with Crippen LogP contribution in [0, 0.1) is 16.7 Å². The summed E-state index contributed by atoms with van der Waals surface area (Å²) < 4.78 is 6.39. The largest absolute Gasteiger partial charge is 0.389 e. The average Bonchev–Trinajstić information content (AvgIpc) is 3.39. The van der Waals surface area contributed by atoms with Gasteiger partial charge in [-0.05, 0) is 53.5 Å². The van der Waals surface area contributed by atoms with Crippen molar-refractivity contribution in [2.75, 3.05) is 52.4 Å². The Morgan fingerprint density at radius 3 is 2.10 bits per heavy atom. The molecule has 3 fully saturated rings. The van der Waals surface area contributed by atoms with Gasteiger partial charge in [-0.15, -0.1) is 24.8 Å². The summed E-state index contributed by atoms with van der Waals surface area (Å²) >= 11 is 0. The Kier molecular flexibility index (Phi) is 9.25. The number of β-amino-alcohol motifs (C(OH)–C–C–N with tert-alkyl or cyclic N) is 1. The molecule has 2 aliphatic carbocycles. The third-order valence-electron chi connectivity index (χ3n) is 10.0. The van der Waals surface area contributed by atoms with Crippen LogP contribution in [0.4, 0.5) is 0 Å². The predicted molar refractivity (Wildman–Crippen MR) is 162 cm³/mol. The first-order valence-electron chi connectivity index (χ1n) is 14.3. The summed E-state index contributed by atoms with van der Waals surface area (Å²) in [5.74, 6) is 0.337. The summed E-state index contributed by atoms with van der Waals surface area (Å²) in [6.07, 6.45) is 3.52. The number of benzene rings is 2. The minimum Gasteiger partial charge on any atom is -0.389 e. The van der Waals surface area contributed by atoms with E-state index in [2.05, 4.69) is 30.6 Å². The summed E-state index contributed by atoms with van der Waals surface area (Å²) in [5, 5.41) is 12.5. The first-order valence-corrected chi connectivity index (χ1v) is 14.3. The first-order chi connectivity index (χ1) is 18.2. The van der Waals surface area contributed by atoms with Crippen LogP contribution in [0.5, 0.6) is 0 Å². The van der Waals surface area contributed by atoms with Crippen molar-refractivity contribution >= 4 is 47.4 Å². The van der Waals surface area contributed by atoms with E-state index in [0.717, 1.165) is 42.9 Å². The van der Waals surface area contributed by atoms with Gasteiger partial charge < -0.3 is 9.84 Å². The fraction of sp³-hybridized carbons (Fsp3) is 0.613. The van der Waals surface area contributed by atoms with Gasteiger partial charge in [0, 0.05) is 62.3 Å². The number of amides is 2. The lowest BCUT2D eigenvalue weighted by Gasteiger charge is -2.43. The van der Waals surface area contributed by atoms with E-state index >= 15 is 0 Å². The minimum absolute atomic E-state index is 0. The van der Waals surface area contributed by atoms with E-state index in [1.807, 2.05) is 36.4 Å². The van der Waals surface area contributed by atoms with Gasteiger partial charge in [0.05, 0.1) is 18.8 Å². The van der Waals surface area contributed by atoms with Crippen LogP contribution in [0.15, 0.2) is 36.4 Å². The summed E-state index contributed by atoms with van der Waals surface area (Å²) in [5.41, 5.74) is 1.66. The lowest BCUT2D eigenvalue weighted by atomic mass is 9.70. The van der Waals surface area contributed by atoms with Crippen molar-refractivity contribution in [3.05, 3.63) is 47.5 Å². The molecular formula is C31H43Cl2N3O4. The highest BCUT2D eigenvalue weighted by Gasteiger charge is 2.60. The Bertz CT molecular complexity index is 1190. The monoisotopic (exact) mass is 591 g/mol. The molecule has 1 saturated heterocycles. The van der Waals surface area contributed by atoms with Gasteiger partial charge in [-0.1, -0.05) is 45.0 Å². The Hall–Kier alpha value is -1.74. The van der Waals surface area contributed by atoms with Crippen molar-refractivity contribution < 1.29 is 19.4 Å². The summed E-state index contributed by atoms with van der Waals surface area (Å²) in [6.45, 7) is 12.5. The maximum Gasteiger partial charge on any atom is 0.261 e. The Balaban J connectivity index is 0.00000185. The zero-order valence-corrected chi connectivity index (χ0v) is 25.4. The molecule has 220 valence electrons. The second-order valence-corrected chi connectivity index (χ2v) is 12.9. The van der Waals surface area contributed by atoms with Crippen molar-refractivity contribution in [3.8, 4) is 0 Å². The van der Waals surface area contributed by atoms with Crippen LogP contribution in [0.2, 0.25) is 0 Å². The van der Waals surface area contributed by atoms with Crippen LogP contribution in [0.25, 0.3) is 10.8 Å². The molecular weight excluding hydrogens is 549 g/mol. The van der Waals surface area contributed by atoms with Crippen molar-refractivity contribution in [2.45, 2.75) is 52.2 Å². The highest BCUT2D eigenvalue weighted by molar-refractivity contribution is 6.25. The molecule has 2 heterocycles. The van der Waals surface area contributed by atoms with Crippen LogP contribution in [0.3, 0.4) is 0 Å². The van der Waals surface area contributed by atoms with Crippen molar-refractivity contribution in [1.82, 2.24) is 14.7 Å². The molecule has 2 aliphatic heterocycles. The number of carbonyl (C=O) groups excluding carboxylic acids is 2. The Morgan fingerprint density at radius 2 is 1.52 bits per heavy atom. The topological polar surface area (TPSA) is 73.3 Å². The van der Waals surface area contributed by atoms with E-state index in [9.17, 15) is 14.7 Å². The number of aliphatic hydroxyl groups is 1. The molecule has 4 aliphatic rings. The van der Waals surface area contributed by atoms with Gasteiger partial charge in [-0.3, -0.25) is 24.3 Å². The van der Waals surface area contributed by atoms with Gasteiger partial charge in [0.2, 0.25) is 0 Å². The molecule has 9 heteroatoms. The molecule has 2 bridgehead atoms. The third kappa shape index (κ3) is 5.41. The summed E-state index contributed by atoms with van der Waals surface area (Å²) in [4.78, 5) is 32.3. The van der Waals surface area contributed by atoms with Gasteiger partial charge in [-0.25, -0.2) is 0 Å². The standard InChI is InChI=1S/C31H41N3O4.2ClH/c1-30(2)22-10-11-31(3,18-22)29(30)38-20-23(35)19-33-14-12-32(13-15-33)16-17-34-27(36)24-8-4-6-21-7-5-9-25(26(21)24)28(34)37;;/h4-9,22-23,29,35H,10-20H2,1-3H3;2*1H. The molecule has 4 atom stereocenters. The van der Waals surface area contributed by atoms with Gasteiger partial charge in [0.15, 0.2) is 0 Å². The molecule has 0 radical (unpaired) electrons. The van der Waals surface area contributed by atoms with Gasteiger partial charge in [-0.2, -0.15) is 0 Å². The molecule has 0 aromatic heterocycles. The molecule has 1 N–H and O–H groups in total. The van der Waals surface area contributed by atoms with E-state index in [1.165, 1.54) is 24.2 Å². The SMILES string of the molecule is CC12CCC(C1)C(C)(C)C2OCC(O)CN1CCN(CCN2C(=O)c3cccc4cccc(c34)C2=O)CC1.Cl.Cl. The maximum atomic E-state index is 13.2. The summed E-state index contributed by atoms with van der Waals surface area (Å²) in [6, 6.07) is 11.3. The van der Waals surface area contributed by atoms with Gasteiger partial charge in [0.25, 0.3) is 11.8 Å². The highest BCUT2D eigenvalue weighted by atomic mass is 35.5. The normalized spacial score (nSPS) is 28.4. The molecule has 6 rings (SSSR count). The molecule has 40 heavy (non-hydrogen) atoms. The molecule has 2 aromatic carbocycles. The third-order valence-corrected chi connectivity index (χ3v) is 10.0. The van der Waals surface area contributed by atoms with Crippen LogP contribution in [-0.2, 0) is 4.74 Å². The number of imide groups is 1. The lowest BCUT2D eigenvalue weighted by Crippen LogP contribution is -2.52. The second-order valence-electron chi connectivity index (χ2n) is 12.9. The van der Waals surface area contributed by atoms with E-state index in [0.29, 0.717) is 37.4 Å². The van der Waals surface area contributed by atoms with E-state index in [1.54, 1.807) is 0 Å². The number of aliphatic hydroxyl groups excluding tert-OH is 1. The van der Waals surface area contributed by atoms with Crippen LogP contribution in [-0.4, -0.2) is 96.2 Å². The quantitative estimate of drug-likeness (QED) is 0.456.